The number of nitrogens with one attached hydrogen (secondary N) is 1. The normalized spacial score (nSPS) is 14.9. The van der Waals surface area contributed by atoms with Crippen molar-refractivity contribution in [3.05, 3.63) is 47.0 Å². The van der Waals surface area contributed by atoms with Crippen LogP contribution >= 0.6 is 11.6 Å². The van der Waals surface area contributed by atoms with Gasteiger partial charge in [-0.15, -0.1) is 0 Å². The van der Waals surface area contributed by atoms with Crippen LogP contribution in [0.3, 0.4) is 0 Å². The second-order valence-corrected chi connectivity index (χ2v) is 9.40. The van der Waals surface area contributed by atoms with Gasteiger partial charge in [-0.3, -0.25) is 10.1 Å². The molecule has 1 saturated heterocycles. The SMILES string of the molecule is COc1ccc(C(=O)Nc2nc3cc(Cl)ccc3n2C)cc1S(=O)(=O)N1CCCC1. The molecule has 2 heterocycles. The Bertz CT molecular complexity index is 1230. The molecule has 0 spiro atoms. The molecular weight excluding hydrogens is 428 g/mol. The third kappa shape index (κ3) is 3.64. The number of aromatic nitrogens is 2. The number of aryl methyl sites for hydroxylation is 1. The number of halogens is 1. The van der Waals surface area contributed by atoms with Gasteiger partial charge in [0.15, 0.2) is 0 Å². The molecule has 1 aliphatic heterocycles. The van der Waals surface area contributed by atoms with E-state index in [9.17, 15) is 13.2 Å². The minimum atomic E-state index is -3.75. The van der Waals surface area contributed by atoms with Crippen molar-refractivity contribution in [3.63, 3.8) is 0 Å². The predicted octanol–water partition coefficient (Wildman–Crippen LogP) is 3.27. The monoisotopic (exact) mass is 448 g/mol. The first kappa shape index (κ1) is 20.6. The van der Waals surface area contributed by atoms with Crippen LogP contribution in [0.5, 0.6) is 5.75 Å². The largest absolute Gasteiger partial charge is 0.495 e. The second kappa shape index (κ2) is 7.90. The molecule has 3 aromatic rings. The predicted molar refractivity (Wildman–Crippen MR) is 115 cm³/mol. The maximum absolute atomic E-state index is 13.0. The number of imidazole rings is 1. The van der Waals surface area contributed by atoms with E-state index in [1.807, 2.05) is 6.07 Å². The average molecular weight is 449 g/mol. The quantitative estimate of drug-likeness (QED) is 0.646. The van der Waals surface area contributed by atoms with Gasteiger partial charge in [0.05, 0.1) is 18.1 Å². The number of anilines is 1. The van der Waals surface area contributed by atoms with E-state index in [1.54, 1.807) is 23.7 Å². The van der Waals surface area contributed by atoms with Gasteiger partial charge in [-0.25, -0.2) is 13.4 Å². The molecule has 0 radical (unpaired) electrons. The number of hydrogen-bond donors (Lipinski definition) is 1. The van der Waals surface area contributed by atoms with E-state index in [-0.39, 0.29) is 16.2 Å². The smallest absolute Gasteiger partial charge is 0.258 e. The highest BCUT2D eigenvalue weighted by molar-refractivity contribution is 7.89. The molecule has 10 heteroatoms. The summed E-state index contributed by atoms with van der Waals surface area (Å²) >= 11 is 6.02. The molecule has 1 N–H and O–H groups in total. The summed E-state index contributed by atoms with van der Waals surface area (Å²) in [5, 5.41) is 3.29. The Morgan fingerprint density at radius 2 is 1.90 bits per heavy atom. The fraction of sp³-hybridized carbons (Fsp3) is 0.300. The van der Waals surface area contributed by atoms with Gasteiger partial charge in [-0.2, -0.15) is 4.31 Å². The first-order valence-electron chi connectivity index (χ1n) is 9.43. The van der Waals surface area contributed by atoms with Crippen molar-refractivity contribution in [3.8, 4) is 5.75 Å². The Morgan fingerprint density at radius 3 is 2.60 bits per heavy atom. The average Bonchev–Trinajstić information content (AvgIpc) is 3.37. The maximum atomic E-state index is 13.0. The number of hydrogen-bond acceptors (Lipinski definition) is 5. The molecule has 1 fully saturated rings. The Balaban J connectivity index is 1.67. The number of sulfonamides is 1. The van der Waals surface area contributed by atoms with Gasteiger partial charge in [-0.1, -0.05) is 11.6 Å². The lowest BCUT2D eigenvalue weighted by Gasteiger charge is -2.18. The summed E-state index contributed by atoms with van der Waals surface area (Å²) in [6.45, 7) is 0.925. The Hall–Kier alpha value is -2.62. The van der Waals surface area contributed by atoms with Crippen molar-refractivity contribution < 1.29 is 17.9 Å². The summed E-state index contributed by atoms with van der Waals surface area (Å²) < 4.78 is 34.5. The maximum Gasteiger partial charge on any atom is 0.258 e. The van der Waals surface area contributed by atoms with Gasteiger partial charge >= 0.3 is 0 Å². The number of benzene rings is 2. The molecule has 8 nitrogen and oxygen atoms in total. The molecule has 4 rings (SSSR count). The molecular formula is C20H21ClN4O4S. The van der Waals surface area contributed by atoms with Crippen molar-refractivity contribution in [2.24, 2.45) is 7.05 Å². The van der Waals surface area contributed by atoms with E-state index >= 15 is 0 Å². The van der Waals surface area contributed by atoms with Gasteiger partial charge in [0.2, 0.25) is 16.0 Å². The van der Waals surface area contributed by atoms with Gasteiger partial charge < -0.3 is 9.30 Å². The molecule has 158 valence electrons. The van der Waals surface area contributed by atoms with E-state index in [0.717, 1.165) is 18.4 Å². The first-order chi connectivity index (χ1) is 14.3. The lowest BCUT2D eigenvalue weighted by molar-refractivity contribution is 0.102. The lowest BCUT2D eigenvalue weighted by atomic mass is 10.2. The summed E-state index contributed by atoms with van der Waals surface area (Å²) in [6.07, 6.45) is 1.64. The van der Waals surface area contributed by atoms with Gasteiger partial charge in [0.25, 0.3) is 5.91 Å². The molecule has 0 aliphatic carbocycles. The van der Waals surface area contributed by atoms with Crippen LogP contribution in [-0.4, -0.2) is 48.4 Å². The van der Waals surface area contributed by atoms with Crippen LogP contribution in [0.15, 0.2) is 41.3 Å². The summed E-state index contributed by atoms with van der Waals surface area (Å²) in [5.41, 5.74) is 1.65. The highest BCUT2D eigenvalue weighted by Crippen LogP contribution is 2.30. The van der Waals surface area contributed by atoms with Crippen LogP contribution in [0.2, 0.25) is 5.02 Å². The fourth-order valence-electron chi connectivity index (χ4n) is 3.55. The van der Waals surface area contributed by atoms with Crippen LogP contribution in [0.25, 0.3) is 11.0 Å². The Kier molecular flexibility index (Phi) is 5.44. The Labute approximate surface area is 179 Å². The lowest BCUT2D eigenvalue weighted by Crippen LogP contribution is -2.28. The third-order valence-electron chi connectivity index (χ3n) is 5.18. The number of rotatable bonds is 5. The number of methoxy groups -OCH3 is 1. The Morgan fingerprint density at radius 1 is 1.17 bits per heavy atom. The van der Waals surface area contributed by atoms with Crippen molar-refractivity contribution in [2.75, 3.05) is 25.5 Å². The molecule has 1 aliphatic rings. The van der Waals surface area contributed by atoms with Crippen molar-refractivity contribution in [1.29, 1.82) is 0 Å². The summed E-state index contributed by atoms with van der Waals surface area (Å²) in [5.74, 6) is 0.0629. The van der Waals surface area contributed by atoms with Crippen LogP contribution in [0.4, 0.5) is 5.95 Å². The van der Waals surface area contributed by atoms with Crippen molar-refractivity contribution >= 4 is 44.5 Å². The van der Waals surface area contributed by atoms with E-state index in [1.165, 1.54) is 29.6 Å². The highest BCUT2D eigenvalue weighted by atomic mass is 35.5. The molecule has 0 saturated carbocycles. The van der Waals surface area contributed by atoms with Crippen LogP contribution < -0.4 is 10.1 Å². The van der Waals surface area contributed by atoms with E-state index in [0.29, 0.717) is 29.6 Å². The van der Waals surface area contributed by atoms with Crippen LogP contribution in [0.1, 0.15) is 23.2 Å². The van der Waals surface area contributed by atoms with E-state index in [4.69, 9.17) is 16.3 Å². The zero-order valence-electron chi connectivity index (χ0n) is 16.6. The summed E-state index contributed by atoms with van der Waals surface area (Å²) in [6, 6.07) is 9.63. The van der Waals surface area contributed by atoms with Crippen molar-refractivity contribution in [1.82, 2.24) is 13.9 Å². The topological polar surface area (TPSA) is 93.5 Å². The fourth-order valence-corrected chi connectivity index (χ4v) is 5.41. The molecule has 0 unspecified atom stereocenters. The molecule has 0 bridgehead atoms. The highest BCUT2D eigenvalue weighted by Gasteiger charge is 2.30. The molecule has 1 amide bonds. The molecule has 2 aromatic carbocycles. The first-order valence-corrected chi connectivity index (χ1v) is 11.2. The number of nitrogens with zero attached hydrogens (tertiary/aromatic N) is 3. The minimum absolute atomic E-state index is 0.0173. The zero-order chi connectivity index (χ0) is 21.5. The van der Waals surface area contributed by atoms with Crippen molar-refractivity contribution in [2.45, 2.75) is 17.7 Å². The summed E-state index contributed by atoms with van der Waals surface area (Å²) in [7, 11) is -0.572. The van der Waals surface area contributed by atoms with E-state index in [2.05, 4.69) is 10.3 Å². The number of carbonyl (C=O) groups is 1. The van der Waals surface area contributed by atoms with Gasteiger partial charge in [0.1, 0.15) is 10.6 Å². The number of ether oxygens (including phenoxy) is 1. The molecule has 30 heavy (non-hydrogen) atoms. The number of carbonyl (C=O) groups excluding carboxylic acids is 1. The van der Waals surface area contributed by atoms with Crippen LogP contribution in [-0.2, 0) is 17.1 Å². The third-order valence-corrected chi connectivity index (χ3v) is 7.33. The molecule has 1 aromatic heterocycles. The number of fused-ring (bicyclic) bond motifs is 1. The summed E-state index contributed by atoms with van der Waals surface area (Å²) in [4.78, 5) is 17.3. The van der Waals surface area contributed by atoms with Crippen LogP contribution in [0, 0.1) is 0 Å². The van der Waals surface area contributed by atoms with E-state index < -0.39 is 15.9 Å². The van der Waals surface area contributed by atoms with Gasteiger partial charge in [-0.05, 0) is 49.2 Å². The van der Waals surface area contributed by atoms with Gasteiger partial charge in [0, 0.05) is 30.7 Å². The minimum Gasteiger partial charge on any atom is -0.495 e. The second-order valence-electron chi connectivity index (χ2n) is 7.06. The standard InChI is InChI=1S/C20H21ClN4O4S/c1-24-16-7-6-14(21)12-15(16)22-20(24)23-19(26)13-5-8-17(29-2)18(11-13)30(27,28)25-9-3-4-10-25/h5-8,11-12H,3-4,9-10H2,1-2H3,(H,22,23,26). The number of amides is 1. The molecule has 0 atom stereocenters. The zero-order valence-corrected chi connectivity index (χ0v) is 18.1.